The first-order valence-corrected chi connectivity index (χ1v) is 17.9. The Labute approximate surface area is 303 Å². The summed E-state index contributed by atoms with van der Waals surface area (Å²) in [6.07, 6.45) is 0. The second-order valence-corrected chi connectivity index (χ2v) is 13.3. The summed E-state index contributed by atoms with van der Waals surface area (Å²) in [5, 5.41) is 7.36. The van der Waals surface area contributed by atoms with Crippen LogP contribution in [0.5, 0.6) is 0 Å². The molecule has 0 aliphatic heterocycles. The molecule has 0 bridgehead atoms. The van der Waals surface area contributed by atoms with Gasteiger partial charge in [0.2, 0.25) is 0 Å². The summed E-state index contributed by atoms with van der Waals surface area (Å²) in [5.74, 6) is 0. The van der Waals surface area contributed by atoms with Gasteiger partial charge in [0.15, 0.2) is 0 Å². The van der Waals surface area contributed by atoms with Crippen LogP contribution in [-0.2, 0) is 0 Å². The van der Waals surface area contributed by atoms with E-state index in [0.29, 0.717) is 0 Å². The molecule has 0 fully saturated rings. The van der Waals surface area contributed by atoms with E-state index in [1.807, 2.05) is 0 Å². The van der Waals surface area contributed by atoms with Crippen LogP contribution in [0, 0.1) is 0 Å². The summed E-state index contributed by atoms with van der Waals surface area (Å²) in [6, 6.07) is 74.7. The molecule has 1 heterocycles. The molecule has 10 aromatic rings. The molecule has 0 aliphatic carbocycles. The third-order valence-corrected chi connectivity index (χ3v) is 10.4. The number of fused-ring (bicyclic) bond motifs is 5. The number of para-hydroxylation sites is 2. The molecule has 0 unspecified atom stereocenters. The van der Waals surface area contributed by atoms with E-state index in [1.165, 1.54) is 71.3 Å². The van der Waals surface area contributed by atoms with Gasteiger partial charge in [0.1, 0.15) is 0 Å². The highest BCUT2D eigenvalue weighted by molar-refractivity contribution is 6.13. The Hall–Kier alpha value is -6.90. The third kappa shape index (κ3) is 4.96. The van der Waals surface area contributed by atoms with Crippen LogP contribution in [0.2, 0.25) is 0 Å². The Balaban J connectivity index is 1.17. The van der Waals surface area contributed by atoms with Gasteiger partial charge in [-0.1, -0.05) is 152 Å². The highest BCUT2D eigenvalue weighted by atomic mass is 15.1. The van der Waals surface area contributed by atoms with Crippen molar-refractivity contribution >= 4 is 60.4 Å². The predicted octanol–water partition coefficient (Wildman–Crippen LogP) is 13.9. The SMILES string of the molecule is c1ccc(-c2ccc(N(c3cccc4ccccc34)c3cccc4c(-c5ccc6c(c5)c5ccccc5n6-c5ccccc5)cccc34)cc2)cc1. The molecule has 2 nitrogen and oxygen atoms in total. The fraction of sp³-hybridized carbons (Fsp3) is 0. The van der Waals surface area contributed by atoms with Gasteiger partial charge in [0.25, 0.3) is 0 Å². The number of hydrogen-bond donors (Lipinski definition) is 0. The van der Waals surface area contributed by atoms with E-state index in [1.54, 1.807) is 0 Å². The first kappa shape index (κ1) is 30.0. The van der Waals surface area contributed by atoms with Crippen LogP contribution in [-0.4, -0.2) is 4.57 Å². The van der Waals surface area contributed by atoms with E-state index in [9.17, 15) is 0 Å². The number of nitrogens with zero attached hydrogens (tertiary/aromatic N) is 2. The molecule has 52 heavy (non-hydrogen) atoms. The average Bonchev–Trinajstić information content (AvgIpc) is 3.55. The number of anilines is 3. The largest absolute Gasteiger partial charge is 0.309 e. The fourth-order valence-electron chi connectivity index (χ4n) is 7.98. The van der Waals surface area contributed by atoms with Crippen molar-refractivity contribution in [2.24, 2.45) is 0 Å². The Kier molecular flexibility index (Phi) is 7.18. The van der Waals surface area contributed by atoms with Crippen LogP contribution in [0.1, 0.15) is 0 Å². The van der Waals surface area contributed by atoms with Gasteiger partial charge in [-0.25, -0.2) is 0 Å². The van der Waals surface area contributed by atoms with Crippen LogP contribution in [0.25, 0.3) is 71.3 Å². The van der Waals surface area contributed by atoms with E-state index in [-0.39, 0.29) is 0 Å². The quantitative estimate of drug-likeness (QED) is 0.172. The van der Waals surface area contributed by atoms with E-state index in [0.717, 1.165) is 17.1 Å². The summed E-state index contributed by atoms with van der Waals surface area (Å²) in [4.78, 5) is 2.43. The highest BCUT2D eigenvalue weighted by Crippen LogP contribution is 2.44. The fourth-order valence-corrected chi connectivity index (χ4v) is 7.98. The zero-order chi connectivity index (χ0) is 34.4. The van der Waals surface area contributed by atoms with Crippen molar-refractivity contribution in [3.8, 4) is 27.9 Å². The monoisotopic (exact) mass is 662 g/mol. The van der Waals surface area contributed by atoms with Crippen molar-refractivity contribution in [2.45, 2.75) is 0 Å². The second kappa shape index (κ2) is 12.5. The summed E-state index contributed by atoms with van der Waals surface area (Å²) in [7, 11) is 0. The van der Waals surface area contributed by atoms with E-state index < -0.39 is 0 Å². The lowest BCUT2D eigenvalue weighted by molar-refractivity contribution is 1.18. The smallest absolute Gasteiger partial charge is 0.0541 e. The zero-order valence-corrected chi connectivity index (χ0v) is 28.5. The van der Waals surface area contributed by atoms with Gasteiger partial charge in [-0.15, -0.1) is 0 Å². The van der Waals surface area contributed by atoms with Gasteiger partial charge in [0.05, 0.1) is 22.4 Å². The maximum Gasteiger partial charge on any atom is 0.0541 e. The highest BCUT2D eigenvalue weighted by Gasteiger charge is 2.20. The van der Waals surface area contributed by atoms with Gasteiger partial charge in [-0.05, 0) is 87.6 Å². The normalized spacial score (nSPS) is 11.5. The molecule has 0 saturated heterocycles. The van der Waals surface area contributed by atoms with Crippen molar-refractivity contribution in [1.29, 1.82) is 0 Å². The lowest BCUT2D eigenvalue weighted by Gasteiger charge is -2.28. The summed E-state index contributed by atoms with van der Waals surface area (Å²) >= 11 is 0. The Morgan fingerprint density at radius 3 is 1.71 bits per heavy atom. The number of rotatable bonds is 6. The van der Waals surface area contributed by atoms with Crippen molar-refractivity contribution in [3.05, 3.63) is 206 Å². The van der Waals surface area contributed by atoms with Crippen LogP contribution in [0.3, 0.4) is 0 Å². The molecule has 0 spiro atoms. The summed E-state index contributed by atoms with van der Waals surface area (Å²) in [6.45, 7) is 0. The van der Waals surface area contributed by atoms with E-state index >= 15 is 0 Å². The van der Waals surface area contributed by atoms with Crippen LogP contribution in [0.15, 0.2) is 206 Å². The predicted molar refractivity (Wildman–Crippen MR) is 221 cm³/mol. The minimum absolute atomic E-state index is 1.11. The lowest BCUT2D eigenvalue weighted by Crippen LogP contribution is -2.11. The maximum absolute atomic E-state index is 2.43. The molecule has 0 amide bonds. The molecular weight excluding hydrogens is 629 g/mol. The molecule has 9 aromatic carbocycles. The summed E-state index contributed by atoms with van der Waals surface area (Å²) < 4.78 is 2.38. The summed E-state index contributed by atoms with van der Waals surface area (Å²) in [5.41, 5.74) is 11.8. The molecular formula is C50H34N2. The number of benzene rings is 9. The standard InChI is InChI=1S/C50H34N2/c1-3-14-35(15-4-1)36-28-31-40(32-29-36)52(47-26-11-17-37-16-7-8-20-42(37)47)49-27-13-23-43-41(22-12-24-44(43)49)38-30-33-50-46(34-38)45-21-9-10-25-48(45)51(50)39-18-5-2-6-19-39/h1-34H. The Morgan fingerprint density at radius 1 is 0.327 bits per heavy atom. The van der Waals surface area contributed by atoms with Gasteiger partial charge in [-0.2, -0.15) is 0 Å². The average molecular weight is 663 g/mol. The molecule has 0 aliphatic rings. The Bertz CT molecular complexity index is 2880. The zero-order valence-electron chi connectivity index (χ0n) is 28.5. The van der Waals surface area contributed by atoms with E-state index in [2.05, 4.69) is 216 Å². The first-order chi connectivity index (χ1) is 25.8. The molecule has 1 aromatic heterocycles. The second-order valence-electron chi connectivity index (χ2n) is 13.3. The van der Waals surface area contributed by atoms with Gasteiger partial charge in [-0.3, -0.25) is 0 Å². The number of aromatic nitrogens is 1. The number of hydrogen-bond acceptors (Lipinski definition) is 1. The third-order valence-electron chi connectivity index (χ3n) is 10.4. The maximum atomic E-state index is 2.43. The van der Waals surface area contributed by atoms with Crippen molar-refractivity contribution < 1.29 is 0 Å². The first-order valence-electron chi connectivity index (χ1n) is 17.9. The minimum atomic E-state index is 1.11. The van der Waals surface area contributed by atoms with Crippen molar-refractivity contribution in [1.82, 2.24) is 4.57 Å². The van der Waals surface area contributed by atoms with Gasteiger partial charge in [0, 0.05) is 32.9 Å². The lowest BCUT2D eigenvalue weighted by atomic mass is 9.95. The molecule has 0 saturated carbocycles. The van der Waals surface area contributed by atoms with Crippen LogP contribution >= 0.6 is 0 Å². The van der Waals surface area contributed by atoms with Gasteiger partial charge >= 0.3 is 0 Å². The van der Waals surface area contributed by atoms with Crippen LogP contribution < -0.4 is 4.90 Å². The molecule has 2 heteroatoms. The molecule has 10 rings (SSSR count). The minimum Gasteiger partial charge on any atom is -0.309 e. The van der Waals surface area contributed by atoms with E-state index in [4.69, 9.17) is 0 Å². The Morgan fingerprint density at radius 2 is 0.885 bits per heavy atom. The molecule has 244 valence electrons. The molecule has 0 radical (unpaired) electrons. The van der Waals surface area contributed by atoms with Gasteiger partial charge < -0.3 is 9.47 Å². The topological polar surface area (TPSA) is 8.17 Å². The molecule has 0 atom stereocenters. The van der Waals surface area contributed by atoms with Crippen molar-refractivity contribution in [3.63, 3.8) is 0 Å². The molecule has 0 N–H and O–H groups in total. The van der Waals surface area contributed by atoms with Crippen molar-refractivity contribution in [2.75, 3.05) is 4.90 Å². The van der Waals surface area contributed by atoms with Crippen LogP contribution in [0.4, 0.5) is 17.1 Å².